The van der Waals surface area contributed by atoms with Crippen molar-refractivity contribution < 1.29 is 14.3 Å². The summed E-state index contributed by atoms with van der Waals surface area (Å²) in [7, 11) is 0. The van der Waals surface area contributed by atoms with E-state index in [-0.39, 0.29) is 11.8 Å². The molecular formula is C20H21BrN2O3. The van der Waals surface area contributed by atoms with E-state index in [1.54, 1.807) is 28.9 Å². The normalized spacial score (nSPS) is 17.3. The molecule has 1 atom stereocenters. The van der Waals surface area contributed by atoms with Gasteiger partial charge in [0, 0.05) is 28.8 Å². The molecule has 5 nitrogen and oxygen atoms in total. The molecule has 26 heavy (non-hydrogen) atoms. The van der Waals surface area contributed by atoms with Crippen LogP contribution in [0.4, 0.5) is 5.69 Å². The number of hydrogen-bond donors (Lipinski definition) is 0. The average Bonchev–Trinajstić information content (AvgIpc) is 2.65. The average molecular weight is 417 g/mol. The van der Waals surface area contributed by atoms with Gasteiger partial charge in [-0.1, -0.05) is 15.9 Å². The highest BCUT2D eigenvalue weighted by Crippen LogP contribution is 2.24. The molecule has 0 bridgehead atoms. The lowest BCUT2D eigenvalue weighted by Gasteiger charge is -2.39. The lowest BCUT2D eigenvalue weighted by atomic mass is 10.1. The third kappa shape index (κ3) is 3.75. The maximum absolute atomic E-state index is 12.8. The molecule has 0 N–H and O–H groups in total. The van der Waals surface area contributed by atoms with Gasteiger partial charge in [0.15, 0.2) is 0 Å². The van der Waals surface area contributed by atoms with Gasteiger partial charge in [-0.2, -0.15) is 0 Å². The Morgan fingerprint density at radius 1 is 1.12 bits per heavy atom. The molecule has 1 fully saturated rings. The third-order valence-corrected chi connectivity index (χ3v) is 5.00. The molecule has 0 aromatic heterocycles. The second-order valence-corrected chi connectivity index (χ2v) is 7.01. The van der Waals surface area contributed by atoms with Crippen molar-refractivity contribution in [3.8, 4) is 5.75 Å². The summed E-state index contributed by atoms with van der Waals surface area (Å²) in [6.07, 6.45) is 0. The zero-order valence-corrected chi connectivity index (χ0v) is 16.4. The van der Waals surface area contributed by atoms with Crippen molar-refractivity contribution in [2.75, 3.05) is 24.6 Å². The van der Waals surface area contributed by atoms with Crippen LogP contribution in [0.15, 0.2) is 53.0 Å². The second-order valence-electron chi connectivity index (χ2n) is 6.10. The first-order valence-electron chi connectivity index (χ1n) is 8.62. The second kappa shape index (κ2) is 7.91. The van der Waals surface area contributed by atoms with Crippen molar-refractivity contribution >= 4 is 33.4 Å². The van der Waals surface area contributed by atoms with Gasteiger partial charge in [0.1, 0.15) is 11.8 Å². The van der Waals surface area contributed by atoms with E-state index in [0.717, 1.165) is 15.9 Å². The molecule has 2 amide bonds. The molecule has 0 spiro atoms. The third-order valence-electron chi connectivity index (χ3n) is 4.47. The van der Waals surface area contributed by atoms with Gasteiger partial charge in [-0.05, 0) is 62.4 Å². The number of anilines is 1. The number of halogens is 1. The molecule has 1 heterocycles. The Hall–Kier alpha value is -2.34. The highest BCUT2D eigenvalue weighted by atomic mass is 79.9. The zero-order chi connectivity index (χ0) is 18.7. The van der Waals surface area contributed by atoms with E-state index in [1.807, 2.05) is 43.3 Å². The van der Waals surface area contributed by atoms with E-state index >= 15 is 0 Å². The highest BCUT2D eigenvalue weighted by Gasteiger charge is 2.35. The summed E-state index contributed by atoms with van der Waals surface area (Å²) >= 11 is 3.37. The molecule has 6 heteroatoms. The first kappa shape index (κ1) is 18.5. The van der Waals surface area contributed by atoms with Crippen molar-refractivity contribution in [3.63, 3.8) is 0 Å². The Morgan fingerprint density at radius 2 is 1.77 bits per heavy atom. The van der Waals surface area contributed by atoms with E-state index in [9.17, 15) is 9.59 Å². The topological polar surface area (TPSA) is 49.9 Å². The number of benzene rings is 2. The largest absolute Gasteiger partial charge is 0.494 e. The Kier molecular flexibility index (Phi) is 5.61. The molecule has 3 rings (SSSR count). The smallest absolute Gasteiger partial charge is 0.254 e. The van der Waals surface area contributed by atoms with Crippen LogP contribution in [0.1, 0.15) is 24.2 Å². The fourth-order valence-electron chi connectivity index (χ4n) is 3.05. The number of carbonyl (C=O) groups is 2. The van der Waals surface area contributed by atoms with Crippen LogP contribution in [-0.2, 0) is 4.79 Å². The summed E-state index contributed by atoms with van der Waals surface area (Å²) in [5.74, 6) is 0.580. The Bertz CT molecular complexity index is 790. The molecule has 1 aliphatic heterocycles. The van der Waals surface area contributed by atoms with Gasteiger partial charge in [-0.15, -0.1) is 0 Å². The SMILES string of the molecule is CCOc1ccc(N2CCN(C(=O)c3ccc(Br)cc3)[C@H](C)C2=O)cc1. The molecule has 136 valence electrons. The van der Waals surface area contributed by atoms with Crippen LogP contribution in [0.3, 0.4) is 0 Å². The summed E-state index contributed by atoms with van der Waals surface area (Å²) in [5, 5.41) is 0. The maximum atomic E-state index is 12.8. The molecule has 0 aliphatic carbocycles. The number of amides is 2. The van der Waals surface area contributed by atoms with Gasteiger partial charge >= 0.3 is 0 Å². The van der Waals surface area contributed by atoms with Gasteiger partial charge in [0.25, 0.3) is 5.91 Å². The van der Waals surface area contributed by atoms with E-state index in [0.29, 0.717) is 25.3 Å². The summed E-state index contributed by atoms with van der Waals surface area (Å²) in [6.45, 7) is 5.28. The van der Waals surface area contributed by atoms with E-state index < -0.39 is 6.04 Å². The molecule has 1 saturated heterocycles. The molecule has 2 aromatic rings. The maximum Gasteiger partial charge on any atom is 0.254 e. The monoisotopic (exact) mass is 416 g/mol. The van der Waals surface area contributed by atoms with Crippen LogP contribution in [-0.4, -0.2) is 42.5 Å². The van der Waals surface area contributed by atoms with Gasteiger partial charge < -0.3 is 14.5 Å². The summed E-state index contributed by atoms with van der Waals surface area (Å²) in [4.78, 5) is 28.9. The summed E-state index contributed by atoms with van der Waals surface area (Å²) < 4.78 is 6.36. The van der Waals surface area contributed by atoms with Crippen LogP contribution in [0.5, 0.6) is 5.75 Å². The summed E-state index contributed by atoms with van der Waals surface area (Å²) in [6, 6.07) is 14.2. The molecule has 0 saturated carbocycles. The van der Waals surface area contributed by atoms with Gasteiger partial charge in [0.2, 0.25) is 5.91 Å². The van der Waals surface area contributed by atoms with Crippen LogP contribution in [0.2, 0.25) is 0 Å². The predicted octanol–water partition coefficient (Wildman–Crippen LogP) is 3.73. The number of nitrogens with zero attached hydrogens (tertiary/aromatic N) is 2. The molecule has 2 aromatic carbocycles. The van der Waals surface area contributed by atoms with Crippen LogP contribution in [0, 0.1) is 0 Å². The van der Waals surface area contributed by atoms with E-state index in [1.165, 1.54) is 0 Å². The molecule has 1 aliphatic rings. The number of piperazine rings is 1. The number of ether oxygens (including phenoxy) is 1. The molecule has 0 unspecified atom stereocenters. The van der Waals surface area contributed by atoms with Gasteiger partial charge in [-0.3, -0.25) is 9.59 Å². The first-order chi connectivity index (χ1) is 12.5. The highest BCUT2D eigenvalue weighted by molar-refractivity contribution is 9.10. The van der Waals surface area contributed by atoms with E-state index in [2.05, 4.69) is 15.9 Å². The minimum absolute atomic E-state index is 0.0779. The van der Waals surface area contributed by atoms with Crippen molar-refractivity contribution in [1.29, 1.82) is 0 Å². The fourth-order valence-corrected chi connectivity index (χ4v) is 3.32. The van der Waals surface area contributed by atoms with Crippen molar-refractivity contribution in [2.24, 2.45) is 0 Å². The van der Waals surface area contributed by atoms with Crippen LogP contribution < -0.4 is 9.64 Å². The Morgan fingerprint density at radius 3 is 2.38 bits per heavy atom. The zero-order valence-electron chi connectivity index (χ0n) is 14.8. The quantitative estimate of drug-likeness (QED) is 0.762. The molecule has 0 radical (unpaired) electrons. The summed E-state index contributed by atoms with van der Waals surface area (Å²) in [5.41, 5.74) is 1.41. The number of carbonyl (C=O) groups excluding carboxylic acids is 2. The van der Waals surface area contributed by atoms with Crippen LogP contribution >= 0.6 is 15.9 Å². The van der Waals surface area contributed by atoms with Gasteiger partial charge in [-0.25, -0.2) is 0 Å². The molecular weight excluding hydrogens is 396 g/mol. The lowest BCUT2D eigenvalue weighted by molar-refractivity contribution is -0.124. The fraction of sp³-hybridized carbons (Fsp3) is 0.300. The Labute approximate surface area is 161 Å². The lowest BCUT2D eigenvalue weighted by Crippen LogP contribution is -2.57. The van der Waals surface area contributed by atoms with Crippen molar-refractivity contribution in [3.05, 3.63) is 58.6 Å². The minimum Gasteiger partial charge on any atom is -0.494 e. The standard InChI is InChI=1S/C20H21BrN2O3/c1-3-26-18-10-8-17(9-11-18)23-13-12-22(14(2)19(23)24)20(25)15-4-6-16(21)7-5-15/h4-11,14H,3,12-13H2,1-2H3/t14-/m1/s1. The van der Waals surface area contributed by atoms with Gasteiger partial charge in [0.05, 0.1) is 6.61 Å². The van der Waals surface area contributed by atoms with E-state index in [4.69, 9.17) is 4.74 Å². The minimum atomic E-state index is -0.508. The number of rotatable bonds is 4. The predicted molar refractivity (Wildman–Crippen MR) is 105 cm³/mol. The Balaban J connectivity index is 1.73. The first-order valence-corrected chi connectivity index (χ1v) is 9.41. The van der Waals surface area contributed by atoms with Crippen molar-refractivity contribution in [1.82, 2.24) is 4.90 Å². The van der Waals surface area contributed by atoms with Crippen molar-refractivity contribution in [2.45, 2.75) is 19.9 Å². The number of hydrogen-bond acceptors (Lipinski definition) is 3. The van der Waals surface area contributed by atoms with Crippen LogP contribution in [0.25, 0.3) is 0 Å².